The van der Waals surface area contributed by atoms with E-state index in [0.717, 1.165) is 13.1 Å². The molecule has 1 unspecified atom stereocenters. The first-order chi connectivity index (χ1) is 7.72. The highest BCUT2D eigenvalue weighted by molar-refractivity contribution is 5.76. The van der Waals surface area contributed by atoms with Gasteiger partial charge in [0.25, 0.3) is 0 Å². The van der Waals surface area contributed by atoms with E-state index < -0.39 is 0 Å². The van der Waals surface area contributed by atoms with Crippen LogP contribution < -0.4 is 11.1 Å². The molecule has 16 heavy (non-hydrogen) atoms. The Hall–Kier alpha value is -0.610. The number of nitrogens with one attached hydrogen (secondary N) is 1. The van der Waals surface area contributed by atoms with E-state index in [1.807, 2.05) is 6.92 Å². The molecule has 0 aromatic rings. The predicted octanol–water partition coefficient (Wildman–Crippen LogP) is 0.573. The average Bonchev–Trinajstić information content (AvgIpc) is 2.30. The molecule has 4 nitrogen and oxygen atoms in total. The second kappa shape index (κ2) is 7.63. The van der Waals surface area contributed by atoms with Gasteiger partial charge in [0, 0.05) is 19.5 Å². The van der Waals surface area contributed by atoms with Crippen LogP contribution in [0.25, 0.3) is 0 Å². The Morgan fingerprint density at radius 2 is 2.06 bits per heavy atom. The van der Waals surface area contributed by atoms with Gasteiger partial charge in [-0.2, -0.15) is 0 Å². The SMILES string of the molecule is CC(CN)CC(=O)NCCN1CCCCC1. The summed E-state index contributed by atoms with van der Waals surface area (Å²) < 4.78 is 0. The zero-order valence-electron chi connectivity index (χ0n) is 10.4. The minimum Gasteiger partial charge on any atom is -0.355 e. The number of likely N-dealkylation sites (tertiary alicyclic amines) is 1. The standard InChI is InChI=1S/C12H25N3O/c1-11(10-13)9-12(16)14-5-8-15-6-3-2-4-7-15/h11H,2-10,13H2,1H3,(H,14,16). The number of hydrogen-bond acceptors (Lipinski definition) is 3. The summed E-state index contributed by atoms with van der Waals surface area (Å²) in [4.78, 5) is 13.9. The van der Waals surface area contributed by atoms with Gasteiger partial charge >= 0.3 is 0 Å². The molecule has 3 N–H and O–H groups in total. The van der Waals surface area contributed by atoms with Crippen LogP contribution >= 0.6 is 0 Å². The minimum atomic E-state index is 0.134. The lowest BCUT2D eigenvalue weighted by molar-refractivity contribution is -0.121. The molecule has 4 heteroatoms. The molecule has 1 atom stereocenters. The largest absolute Gasteiger partial charge is 0.355 e. The van der Waals surface area contributed by atoms with Gasteiger partial charge < -0.3 is 16.0 Å². The van der Waals surface area contributed by atoms with Crippen LogP contribution in [0.1, 0.15) is 32.6 Å². The molecule has 94 valence electrons. The third-order valence-electron chi connectivity index (χ3n) is 3.14. The van der Waals surface area contributed by atoms with Gasteiger partial charge in [-0.25, -0.2) is 0 Å². The Bertz CT molecular complexity index is 202. The summed E-state index contributed by atoms with van der Waals surface area (Å²) in [5, 5.41) is 2.96. The average molecular weight is 227 g/mol. The van der Waals surface area contributed by atoms with Crippen molar-refractivity contribution in [1.29, 1.82) is 0 Å². The summed E-state index contributed by atoms with van der Waals surface area (Å²) in [5.41, 5.74) is 5.48. The Morgan fingerprint density at radius 3 is 2.69 bits per heavy atom. The van der Waals surface area contributed by atoms with Crippen LogP contribution in [-0.2, 0) is 4.79 Å². The summed E-state index contributed by atoms with van der Waals surface area (Å²) in [6.07, 6.45) is 4.52. The van der Waals surface area contributed by atoms with Gasteiger partial charge in [-0.3, -0.25) is 4.79 Å². The van der Waals surface area contributed by atoms with Crippen molar-refractivity contribution in [2.45, 2.75) is 32.6 Å². The van der Waals surface area contributed by atoms with Crippen LogP contribution in [0, 0.1) is 5.92 Å². The Labute approximate surface area is 98.6 Å². The number of amides is 1. The van der Waals surface area contributed by atoms with Crippen molar-refractivity contribution in [3.05, 3.63) is 0 Å². The van der Waals surface area contributed by atoms with E-state index in [2.05, 4.69) is 10.2 Å². The Balaban J connectivity index is 2.03. The van der Waals surface area contributed by atoms with Crippen LogP contribution in [0.3, 0.4) is 0 Å². The van der Waals surface area contributed by atoms with E-state index in [1.165, 1.54) is 32.4 Å². The van der Waals surface area contributed by atoms with E-state index in [0.29, 0.717) is 13.0 Å². The van der Waals surface area contributed by atoms with Crippen molar-refractivity contribution in [1.82, 2.24) is 10.2 Å². The summed E-state index contributed by atoms with van der Waals surface area (Å²) in [6.45, 7) is 6.73. The third-order valence-corrected chi connectivity index (χ3v) is 3.14. The van der Waals surface area contributed by atoms with Gasteiger partial charge in [0.2, 0.25) is 5.91 Å². The molecular weight excluding hydrogens is 202 g/mol. The van der Waals surface area contributed by atoms with Gasteiger partial charge in [0.05, 0.1) is 0 Å². The highest BCUT2D eigenvalue weighted by atomic mass is 16.1. The minimum absolute atomic E-state index is 0.134. The van der Waals surface area contributed by atoms with Gasteiger partial charge in [-0.1, -0.05) is 13.3 Å². The third kappa shape index (κ3) is 5.47. The maximum absolute atomic E-state index is 11.5. The molecule has 0 aliphatic carbocycles. The molecular formula is C12H25N3O. The maximum Gasteiger partial charge on any atom is 0.220 e. The molecule has 0 radical (unpaired) electrons. The Morgan fingerprint density at radius 1 is 1.38 bits per heavy atom. The summed E-state index contributed by atoms with van der Waals surface area (Å²) in [6, 6.07) is 0. The van der Waals surface area contributed by atoms with Crippen LogP contribution in [-0.4, -0.2) is 43.5 Å². The van der Waals surface area contributed by atoms with Gasteiger partial charge in [-0.05, 0) is 38.4 Å². The van der Waals surface area contributed by atoms with Crippen molar-refractivity contribution in [3.63, 3.8) is 0 Å². The molecule has 0 aromatic heterocycles. The molecule has 1 amide bonds. The fourth-order valence-electron chi connectivity index (χ4n) is 2.01. The normalized spacial score (nSPS) is 19.4. The second-order valence-electron chi connectivity index (χ2n) is 4.80. The molecule has 1 fully saturated rings. The molecule has 0 saturated carbocycles. The van der Waals surface area contributed by atoms with Crippen molar-refractivity contribution in [3.8, 4) is 0 Å². The first-order valence-electron chi connectivity index (χ1n) is 6.41. The van der Waals surface area contributed by atoms with Crippen molar-refractivity contribution >= 4 is 5.91 Å². The van der Waals surface area contributed by atoms with E-state index in [1.54, 1.807) is 0 Å². The van der Waals surface area contributed by atoms with Gasteiger partial charge in [0.1, 0.15) is 0 Å². The first-order valence-corrected chi connectivity index (χ1v) is 6.41. The van der Waals surface area contributed by atoms with E-state index >= 15 is 0 Å². The summed E-state index contributed by atoms with van der Waals surface area (Å²) in [7, 11) is 0. The molecule has 0 aromatic carbocycles. The van der Waals surface area contributed by atoms with Crippen LogP contribution in [0.2, 0.25) is 0 Å². The Kier molecular flexibility index (Phi) is 6.42. The van der Waals surface area contributed by atoms with E-state index in [9.17, 15) is 4.79 Å². The van der Waals surface area contributed by atoms with E-state index in [4.69, 9.17) is 5.73 Å². The van der Waals surface area contributed by atoms with Crippen molar-refractivity contribution in [2.75, 3.05) is 32.7 Å². The number of carbonyl (C=O) groups excluding carboxylic acids is 1. The number of nitrogens with two attached hydrogens (primary N) is 1. The smallest absolute Gasteiger partial charge is 0.220 e. The highest BCUT2D eigenvalue weighted by Gasteiger charge is 2.10. The summed E-state index contributed by atoms with van der Waals surface area (Å²) in [5.74, 6) is 0.421. The number of rotatable bonds is 6. The lowest BCUT2D eigenvalue weighted by Crippen LogP contribution is -2.38. The molecule has 1 heterocycles. The number of carbonyl (C=O) groups is 1. The zero-order valence-corrected chi connectivity index (χ0v) is 10.4. The fraction of sp³-hybridized carbons (Fsp3) is 0.917. The fourth-order valence-corrected chi connectivity index (χ4v) is 2.01. The lowest BCUT2D eigenvalue weighted by Gasteiger charge is -2.26. The van der Waals surface area contributed by atoms with Crippen LogP contribution in [0.4, 0.5) is 0 Å². The van der Waals surface area contributed by atoms with Gasteiger partial charge in [0.15, 0.2) is 0 Å². The van der Waals surface area contributed by atoms with Gasteiger partial charge in [-0.15, -0.1) is 0 Å². The monoisotopic (exact) mass is 227 g/mol. The maximum atomic E-state index is 11.5. The molecule has 1 rings (SSSR count). The molecule has 1 aliphatic rings. The topological polar surface area (TPSA) is 58.4 Å². The molecule has 1 saturated heterocycles. The van der Waals surface area contributed by atoms with Crippen molar-refractivity contribution in [2.24, 2.45) is 11.7 Å². The van der Waals surface area contributed by atoms with Crippen molar-refractivity contribution < 1.29 is 4.79 Å². The number of piperidine rings is 1. The number of nitrogens with zero attached hydrogens (tertiary/aromatic N) is 1. The van der Waals surface area contributed by atoms with E-state index in [-0.39, 0.29) is 11.8 Å². The molecule has 1 aliphatic heterocycles. The summed E-state index contributed by atoms with van der Waals surface area (Å²) >= 11 is 0. The highest BCUT2D eigenvalue weighted by Crippen LogP contribution is 2.07. The predicted molar refractivity (Wildman–Crippen MR) is 66.1 cm³/mol. The second-order valence-corrected chi connectivity index (χ2v) is 4.80. The first kappa shape index (κ1) is 13.5. The van der Waals surface area contributed by atoms with Crippen LogP contribution in [0.15, 0.2) is 0 Å². The molecule has 0 spiro atoms. The van der Waals surface area contributed by atoms with Crippen LogP contribution in [0.5, 0.6) is 0 Å². The lowest BCUT2D eigenvalue weighted by atomic mass is 10.1. The number of hydrogen-bond donors (Lipinski definition) is 2. The quantitative estimate of drug-likeness (QED) is 0.697. The zero-order chi connectivity index (χ0) is 11.8. The molecule has 0 bridgehead atoms.